The van der Waals surface area contributed by atoms with Crippen molar-refractivity contribution >= 4 is 17.5 Å². The van der Waals surface area contributed by atoms with Crippen LogP contribution in [0.2, 0.25) is 0 Å². The molecule has 2 aliphatic rings. The Balaban J connectivity index is 1.81. The van der Waals surface area contributed by atoms with E-state index in [-0.39, 0.29) is 11.8 Å². The van der Waals surface area contributed by atoms with E-state index in [0.717, 1.165) is 17.8 Å². The number of anilines is 1. The molecule has 0 aromatic heterocycles. The molecule has 1 atom stereocenters. The minimum atomic E-state index is -0.841. The Hall–Kier alpha value is -2.66. The van der Waals surface area contributed by atoms with E-state index >= 15 is 0 Å². The molecule has 5 heteroatoms. The molecule has 2 aromatic rings. The van der Waals surface area contributed by atoms with Gasteiger partial charge in [0, 0.05) is 24.3 Å². The summed E-state index contributed by atoms with van der Waals surface area (Å²) >= 11 is 0. The Bertz CT molecular complexity index is 782. The second kappa shape index (κ2) is 5.76. The van der Waals surface area contributed by atoms with E-state index in [2.05, 4.69) is 10.6 Å². The lowest BCUT2D eigenvalue weighted by molar-refractivity contribution is -0.125. The van der Waals surface area contributed by atoms with Gasteiger partial charge in [0.15, 0.2) is 0 Å². The molecule has 5 nitrogen and oxygen atoms in total. The zero-order valence-corrected chi connectivity index (χ0v) is 13.3. The smallest absolute Gasteiger partial charge is 0.255 e. The monoisotopic (exact) mass is 321 g/mol. The molecule has 0 saturated carbocycles. The summed E-state index contributed by atoms with van der Waals surface area (Å²) in [4.78, 5) is 27.9. The molecule has 0 aliphatic carbocycles. The summed E-state index contributed by atoms with van der Waals surface area (Å²) in [5.74, 6) is -0.215. The van der Waals surface area contributed by atoms with Crippen LogP contribution in [0.5, 0.6) is 0 Å². The van der Waals surface area contributed by atoms with E-state index in [9.17, 15) is 9.59 Å². The number of carbonyl (C=O) groups excluding carboxylic acids is 2. The van der Waals surface area contributed by atoms with E-state index < -0.39 is 5.54 Å². The molecule has 24 heavy (non-hydrogen) atoms. The lowest BCUT2D eigenvalue weighted by Crippen LogP contribution is -2.58. The number of hydrogen-bond acceptors (Lipinski definition) is 3. The van der Waals surface area contributed by atoms with Crippen molar-refractivity contribution in [2.45, 2.75) is 18.5 Å². The van der Waals surface area contributed by atoms with Gasteiger partial charge in [0.05, 0.1) is 0 Å². The maximum atomic E-state index is 13.2. The van der Waals surface area contributed by atoms with Crippen molar-refractivity contribution in [3.8, 4) is 0 Å². The largest absolute Gasteiger partial charge is 0.324 e. The standard InChI is InChI=1S/C19H19N3O2/c23-17(14-6-2-1-3-7-14)22-12-15-8-4-5-9-16(15)21-18(24)19(22)10-11-20-13-19/h1-9,20H,10-13H2,(H,21,24). The average molecular weight is 321 g/mol. The van der Waals surface area contributed by atoms with Crippen molar-refractivity contribution in [1.82, 2.24) is 10.2 Å². The first-order valence-corrected chi connectivity index (χ1v) is 8.18. The number of nitrogens with zero attached hydrogens (tertiary/aromatic N) is 1. The van der Waals surface area contributed by atoms with E-state index in [4.69, 9.17) is 0 Å². The van der Waals surface area contributed by atoms with Crippen LogP contribution >= 0.6 is 0 Å². The Kier molecular flexibility index (Phi) is 3.58. The van der Waals surface area contributed by atoms with E-state index in [1.807, 2.05) is 42.5 Å². The Morgan fingerprint density at radius 2 is 1.79 bits per heavy atom. The van der Waals surface area contributed by atoms with Gasteiger partial charge in [-0.3, -0.25) is 9.59 Å². The third kappa shape index (κ3) is 2.29. The number of amides is 2. The minimum Gasteiger partial charge on any atom is -0.324 e. The molecule has 0 bridgehead atoms. The van der Waals surface area contributed by atoms with Gasteiger partial charge >= 0.3 is 0 Å². The van der Waals surface area contributed by atoms with Gasteiger partial charge < -0.3 is 15.5 Å². The summed E-state index contributed by atoms with van der Waals surface area (Å²) in [5, 5.41) is 6.27. The van der Waals surface area contributed by atoms with Crippen LogP contribution < -0.4 is 10.6 Å². The van der Waals surface area contributed by atoms with Crippen molar-refractivity contribution < 1.29 is 9.59 Å². The molecule has 2 amide bonds. The maximum absolute atomic E-state index is 13.2. The van der Waals surface area contributed by atoms with Crippen molar-refractivity contribution in [2.24, 2.45) is 0 Å². The highest BCUT2D eigenvalue weighted by Gasteiger charge is 2.50. The number of hydrogen-bond donors (Lipinski definition) is 2. The van der Waals surface area contributed by atoms with Gasteiger partial charge in [-0.1, -0.05) is 36.4 Å². The van der Waals surface area contributed by atoms with Gasteiger partial charge in [-0.15, -0.1) is 0 Å². The SMILES string of the molecule is O=C(c1ccccc1)N1Cc2ccccc2NC(=O)C12CCNC2. The first kappa shape index (κ1) is 14.9. The molecule has 1 spiro atoms. The van der Waals surface area contributed by atoms with Crippen molar-refractivity contribution in [1.29, 1.82) is 0 Å². The zero-order valence-electron chi connectivity index (χ0n) is 13.3. The van der Waals surface area contributed by atoms with Crippen molar-refractivity contribution in [2.75, 3.05) is 18.4 Å². The Morgan fingerprint density at radius 3 is 2.54 bits per heavy atom. The zero-order chi connectivity index (χ0) is 16.6. The number of benzene rings is 2. The summed E-state index contributed by atoms with van der Waals surface area (Å²) < 4.78 is 0. The van der Waals surface area contributed by atoms with Gasteiger partial charge in [0.1, 0.15) is 5.54 Å². The second-order valence-corrected chi connectivity index (χ2v) is 6.33. The average Bonchev–Trinajstić information content (AvgIpc) is 3.07. The molecule has 1 unspecified atom stereocenters. The number of para-hydroxylation sites is 1. The van der Waals surface area contributed by atoms with Crippen LogP contribution in [0, 0.1) is 0 Å². The maximum Gasteiger partial charge on any atom is 0.255 e. The molecule has 2 N–H and O–H groups in total. The first-order valence-electron chi connectivity index (χ1n) is 8.18. The normalized spacial score (nSPS) is 22.8. The van der Waals surface area contributed by atoms with Crippen LogP contribution in [0.4, 0.5) is 5.69 Å². The van der Waals surface area contributed by atoms with Crippen LogP contribution in [0.3, 0.4) is 0 Å². The van der Waals surface area contributed by atoms with Gasteiger partial charge in [-0.2, -0.15) is 0 Å². The molecule has 1 saturated heterocycles. The van der Waals surface area contributed by atoms with Crippen LogP contribution in [-0.4, -0.2) is 35.3 Å². The van der Waals surface area contributed by atoms with Crippen LogP contribution in [-0.2, 0) is 11.3 Å². The topological polar surface area (TPSA) is 61.4 Å². The lowest BCUT2D eigenvalue weighted by Gasteiger charge is -2.37. The van der Waals surface area contributed by atoms with Gasteiger partial charge in [0.25, 0.3) is 11.8 Å². The van der Waals surface area contributed by atoms with Crippen LogP contribution in [0.25, 0.3) is 0 Å². The second-order valence-electron chi connectivity index (χ2n) is 6.33. The number of nitrogens with one attached hydrogen (secondary N) is 2. The molecule has 2 aliphatic heterocycles. The minimum absolute atomic E-state index is 0.105. The van der Waals surface area contributed by atoms with Crippen LogP contribution in [0.1, 0.15) is 22.3 Å². The highest BCUT2D eigenvalue weighted by atomic mass is 16.2. The Morgan fingerprint density at radius 1 is 1.04 bits per heavy atom. The fourth-order valence-electron chi connectivity index (χ4n) is 3.57. The summed E-state index contributed by atoms with van der Waals surface area (Å²) in [6.07, 6.45) is 0.616. The highest BCUT2D eigenvalue weighted by Crippen LogP contribution is 2.33. The third-order valence-electron chi connectivity index (χ3n) is 4.93. The summed E-state index contributed by atoms with van der Waals surface area (Å²) in [7, 11) is 0. The fourth-order valence-corrected chi connectivity index (χ4v) is 3.57. The van der Waals surface area contributed by atoms with E-state index in [1.54, 1.807) is 17.0 Å². The molecule has 2 heterocycles. The molecule has 1 fully saturated rings. The van der Waals surface area contributed by atoms with Gasteiger partial charge in [0.2, 0.25) is 0 Å². The number of carbonyl (C=O) groups is 2. The van der Waals surface area contributed by atoms with Crippen LogP contribution in [0.15, 0.2) is 54.6 Å². The number of fused-ring (bicyclic) bond motifs is 1. The third-order valence-corrected chi connectivity index (χ3v) is 4.93. The predicted molar refractivity (Wildman–Crippen MR) is 91.6 cm³/mol. The molecular formula is C19H19N3O2. The first-order chi connectivity index (χ1) is 11.7. The summed E-state index contributed by atoms with van der Waals surface area (Å²) in [6, 6.07) is 16.8. The number of rotatable bonds is 1. The molecular weight excluding hydrogens is 302 g/mol. The fraction of sp³-hybridized carbons (Fsp3) is 0.263. The molecule has 2 aromatic carbocycles. The lowest BCUT2D eigenvalue weighted by atomic mass is 9.93. The molecule has 4 rings (SSSR count). The molecule has 0 radical (unpaired) electrons. The quantitative estimate of drug-likeness (QED) is 0.845. The van der Waals surface area contributed by atoms with Gasteiger partial charge in [-0.25, -0.2) is 0 Å². The van der Waals surface area contributed by atoms with E-state index in [0.29, 0.717) is 25.1 Å². The molecule has 122 valence electrons. The predicted octanol–water partition coefficient (Wildman–Crippen LogP) is 2.01. The highest BCUT2D eigenvalue weighted by molar-refractivity contribution is 6.05. The van der Waals surface area contributed by atoms with Gasteiger partial charge in [-0.05, 0) is 36.7 Å². The summed E-state index contributed by atoms with van der Waals surface area (Å²) in [6.45, 7) is 1.62. The van der Waals surface area contributed by atoms with Crippen molar-refractivity contribution in [3.63, 3.8) is 0 Å². The van der Waals surface area contributed by atoms with E-state index in [1.165, 1.54) is 0 Å². The Labute approximate surface area is 140 Å². The van der Waals surface area contributed by atoms with Crippen molar-refractivity contribution in [3.05, 3.63) is 65.7 Å². The summed E-state index contributed by atoms with van der Waals surface area (Å²) in [5.41, 5.74) is 1.51.